The maximum atomic E-state index is 14.6. The van der Waals surface area contributed by atoms with Crippen molar-refractivity contribution in [1.29, 1.82) is 0 Å². The van der Waals surface area contributed by atoms with Crippen molar-refractivity contribution >= 4 is 0 Å². The molecule has 0 heterocycles. The van der Waals surface area contributed by atoms with Crippen molar-refractivity contribution < 1.29 is 18.3 Å². The summed E-state index contributed by atoms with van der Waals surface area (Å²) < 4.78 is 42.1. The van der Waals surface area contributed by atoms with E-state index >= 15 is 0 Å². The van der Waals surface area contributed by atoms with Crippen LogP contribution in [0.5, 0.6) is 5.75 Å². The molecule has 0 spiro atoms. The fourth-order valence-corrected chi connectivity index (χ4v) is 3.96. The van der Waals surface area contributed by atoms with Crippen LogP contribution < -0.4 is 0 Å². The molecule has 1 fully saturated rings. The van der Waals surface area contributed by atoms with Crippen molar-refractivity contribution in [1.82, 2.24) is 0 Å². The Morgan fingerprint density at radius 3 is 2.32 bits per heavy atom. The van der Waals surface area contributed by atoms with Crippen LogP contribution in [-0.4, -0.2) is 5.11 Å². The third kappa shape index (κ3) is 3.68. The highest BCUT2D eigenvalue weighted by atomic mass is 19.2. The largest absolute Gasteiger partial charge is 0.505 e. The van der Waals surface area contributed by atoms with Gasteiger partial charge in [-0.3, -0.25) is 0 Å². The van der Waals surface area contributed by atoms with E-state index in [9.17, 15) is 18.3 Å². The maximum absolute atomic E-state index is 14.6. The smallest absolute Gasteiger partial charge is 0.200 e. The van der Waals surface area contributed by atoms with Gasteiger partial charge in [0.15, 0.2) is 11.6 Å². The van der Waals surface area contributed by atoms with E-state index in [4.69, 9.17) is 0 Å². The summed E-state index contributed by atoms with van der Waals surface area (Å²) in [6.07, 6.45) is 6.62. The Labute approximate surface area is 146 Å². The second-order valence-electron chi connectivity index (χ2n) is 7.00. The quantitative estimate of drug-likeness (QED) is 0.664. The lowest BCUT2D eigenvalue weighted by molar-refractivity contribution is 0.304. The first-order valence-electron chi connectivity index (χ1n) is 8.98. The van der Waals surface area contributed by atoms with Crippen molar-refractivity contribution in [3.8, 4) is 16.9 Å². The predicted molar refractivity (Wildman–Crippen MR) is 93.0 cm³/mol. The van der Waals surface area contributed by atoms with Crippen LogP contribution in [0.3, 0.4) is 0 Å². The van der Waals surface area contributed by atoms with Crippen LogP contribution in [0.15, 0.2) is 30.3 Å². The second kappa shape index (κ2) is 7.51. The standard InChI is InChI=1S/C21H23F3O/c1-2-3-13-4-6-14(7-5-13)16-9-8-15(12-18(16)22)17-10-11-19(25)21(24)20(17)23/h8-14,25H,2-7H2,1H3. The van der Waals surface area contributed by atoms with E-state index in [1.165, 1.54) is 25.0 Å². The molecule has 1 nitrogen and oxygen atoms in total. The third-order valence-electron chi connectivity index (χ3n) is 5.36. The Morgan fingerprint density at radius 2 is 1.68 bits per heavy atom. The molecule has 0 amide bonds. The lowest BCUT2D eigenvalue weighted by Crippen LogP contribution is -2.14. The van der Waals surface area contributed by atoms with Gasteiger partial charge in [-0.05, 0) is 66.8 Å². The van der Waals surface area contributed by atoms with Crippen LogP contribution in [0.2, 0.25) is 0 Å². The average Bonchev–Trinajstić information content (AvgIpc) is 2.61. The van der Waals surface area contributed by atoms with Gasteiger partial charge in [0, 0.05) is 5.56 Å². The van der Waals surface area contributed by atoms with E-state index in [0.717, 1.165) is 37.7 Å². The molecule has 1 aliphatic carbocycles. The van der Waals surface area contributed by atoms with Crippen LogP contribution in [0, 0.1) is 23.4 Å². The zero-order valence-corrected chi connectivity index (χ0v) is 14.4. The molecule has 2 aromatic rings. The van der Waals surface area contributed by atoms with E-state index in [0.29, 0.717) is 5.56 Å². The Balaban J connectivity index is 1.81. The van der Waals surface area contributed by atoms with Crippen LogP contribution >= 0.6 is 0 Å². The molecule has 134 valence electrons. The highest BCUT2D eigenvalue weighted by Crippen LogP contribution is 2.39. The second-order valence-corrected chi connectivity index (χ2v) is 7.00. The van der Waals surface area contributed by atoms with E-state index in [-0.39, 0.29) is 22.9 Å². The highest BCUT2D eigenvalue weighted by molar-refractivity contribution is 5.65. The van der Waals surface area contributed by atoms with Gasteiger partial charge in [0.25, 0.3) is 0 Å². The van der Waals surface area contributed by atoms with Crippen molar-refractivity contribution in [3.05, 3.63) is 53.3 Å². The summed E-state index contributed by atoms with van der Waals surface area (Å²) in [6.45, 7) is 2.19. The normalized spacial score (nSPS) is 20.6. The average molecular weight is 348 g/mol. The summed E-state index contributed by atoms with van der Waals surface area (Å²) in [6, 6.07) is 6.93. The van der Waals surface area contributed by atoms with Crippen LogP contribution in [-0.2, 0) is 0 Å². The summed E-state index contributed by atoms with van der Waals surface area (Å²) in [5, 5.41) is 9.21. The molecule has 0 bridgehead atoms. The number of phenolic OH excluding ortho intramolecular Hbond substituents is 1. The molecule has 0 saturated heterocycles. The van der Waals surface area contributed by atoms with E-state index in [1.54, 1.807) is 12.1 Å². The van der Waals surface area contributed by atoms with Crippen LogP contribution in [0.4, 0.5) is 13.2 Å². The van der Waals surface area contributed by atoms with Crippen LogP contribution in [0.1, 0.15) is 56.9 Å². The first-order valence-corrected chi connectivity index (χ1v) is 8.98. The third-order valence-corrected chi connectivity index (χ3v) is 5.36. The van der Waals surface area contributed by atoms with E-state index in [2.05, 4.69) is 6.92 Å². The Hall–Kier alpha value is -1.97. The van der Waals surface area contributed by atoms with Crippen molar-refractivity contribution in [2.75, 3.05) is 0 Å². The van der Waals surface area contributed by atoms with Gasteiger partial charge in [-0.15, -0.1) is 0 Å². The number of phenols is 1. The molecular formula is C21H23F3O. The SMILES string of the molecule is CCCC1CCC(c2ccc(-c3ccc(O)c(F)c3F)cc2F)CC1. The maximum Gasteiger partial charge on any atom is 0.200 e. The summed E-state index contributed by atoms with van der Waals surface area (Å²) in [7, 11) is 0. The molecule has 1 aliphatic rings. The number of hydrogen-bond donors (Lipinski definition) is 1. The lowest BCUT2D eigenvalue weighted by Gasteiger charge is -2.29. The topological polar surface area (TPSA) is 20.2 Å². The Bertz CT molecular complexity index is 749. The van der Waals surface area contributed by atoms with Gasteiger partial charge in [-0.2, -0.15) is 4.39 Å². The van der Waals surface area contributed by atoms with Crippen molar-refractivity contribution in [3.63, 3.8) is 0 Å². The van der Waals surface area contributed by atoms with Gasteiger partial charge in [0.1, 0.15) is 5.82 Å². The molecule has 25 heavy (non-hydrogen) atoms. The zero-order chi connectivity index (χ0) is 18.0. The Kier molecular flexibility index (Phi) is 5.36. The summed E-state index contributed by atoms with van der Waals surface area (Å²) in [5.41, 5.74) is 0.892. The van der Waals surface area contributed by atoms with Gasteiger partial charge in [-0.1, -0.05) is 31.9 Å². The molecule has 1 saturated carbocycles. The minimum absolute atomic E-state index is 0.0487. The van der Waals surface area contributed by atoms with Crippen molar-refractivity contribution in [2.24, 2.45) is 5.92 Å². The molecule has 0 atom stereocenters. The molecular weight excluding hydrogens is 325 g/mol. The number of halogens is 3. The first-order chi connectivity index (χ1) is 12.0. The van der Waals surface area contributed by atoms with Gasteiger partial charge in [0.05, 0.1) is 0 Å². The number of rotatable bonds is 4. The van der Waals surface area contributed by atoms with Gasteiger partial charge in [-0.25, -0.2) is 8.78 Å². The van der Waals surface area contributed by atoms with Crippen LogP contribution in [0.25, 0.3) is 11.1 Å². The monoisotopic (exact) mass is 348 g/mol. The first kappa shape index (κ1) is 17.8. The molecule has 0 aromatic heterocycles. The number of aromatic hydroxyl groups is 1. The molecule has 0 radical (unpaired) electrons. The summed E-state index contributed by atoms with van der Waals surface area (Å²) in [5.74, 6) is -2.64. The molecule has 4 heteroatoms. The molecule has 0 aliphatic heterocycles. The van der Waals surface area contributed by atoms with Gasteiger partial charge in [0.2, 0.25) is 5.82 Å². The summed E-state index contributed by atoms with van der Waals surface area (Å²) >= 11 is 0. The number of benzene rings is 2. The Morgan fingerprint density at radius 1 is 0.960 bits per heavy atom. The highest BCUT2D eigenvalue weighted by Gasteiger charge is 2.24. The van der Waals surface area contributed by atoms with E-state index < -0.39 is 17.4 Å². The lowest BCUT2D eigenvalue weighted by atomic mass is 9.77. The molecule has 1 N–H and O–H groups in total. The summed E-state index contributed by atoms with van der Waals surface area (Å²) in [4.78, 5) is 0. The minimum Gasteiger partial charge on any atom is -0.505 e. The fraction of sp³-hybridized carbons (Fsp3) is 0.429. The zero-order valence-electron chi connectivity index (χ0n) is 14.4. The molecule has 3 rings (SSSR count). The van der Waals surface area contributed by atoms with Gasteiger partial charge < -0.3 is 5.11 Å². The fourth-order valence-electron chi connectivity index (χ4n) is 3.96. The van der Waals surface area contributed by atoms with E-state index in [1.807, 2.05) is 0 Å². The molecule has 0 unspecified atom stereocenters. The van der Waals surface area contributed by atoms with Gasteiger partial charge >= 0.3 is 0 Å². The predicted octanol–water partition coefficient (Wildman–Crippen LogP) is 6.55. The minimum atomic E-state index is -1.31. The number of hydrogen-bond acceptors (Lipinski definition) is 1. The molecule has 2 aromatic carbocycles. The van der Waals surface area contributed by atoms with Crippen molar-refractivity contribution in [2.45, 2.75) is 51.4 Å².